The Bertz CT molecular complexity index is 898. The van der Waals surface area contributed by atoms with Crippen LogP contribution in [0.3, 0.4) is 0 Å². The molecule has 7 nitrogen and oxygen atoms in total. The van der Waals surface area contributed by atoms with Crippen molar-refractivity contribution in [2.45, 2.75) is 19.0 Å². The molecule has 9 heteroatoms. The summed E-state index contributed by atoms with van der Waals surface area (Å²) in [7, 11) is 3.51. The number of rotatable bonds is 6. The predicted octanol–water partition coefficient (Wildman–Crippen LogP) is 3.29. The highest BCUT2D eigenvalue weighted by molar-refractivity contribution is 7.99. The van der Waals surface area contributed by atoms with E-state index < -0.39 is 0 Å². The number of carbonyl (C=O) groups excluding carboxylic acids is 1. The molecule has 0 spiro atoms. The van der Waals surface area contributed by atoms with Crippen LogP contribution in [-0.4, -0.2) is 38.5 Å². The summed E-state index contributed by atoms with van der Waals surface area (Å²) in [5, 5.41) is 12.5. The molecule has 1 N–H and O–H groups in total. The topological polar surface area (TPSA) is 81.9 Å². The van der Waals surface area contributed by atoms with Crippen LogP contribution < -0.4 is 10.1 Å². The first-order valence-corrected chi connectivity index (χ1v) is 9.68. The number of benzene rings is 1. The molecule has 0 aliphatic carbocycles. The molecule has 1 aromatic carbocycles. The number of aromatic nitrogens is 4. The van der Waals surface area contributed by atoms with Crippen molar-refractivity contribution in [2.24, 2.45) is 7.05 Å². The van der Waals surface area contributed by atoms with Crippen molar-refractivity contribution in [1.29, 1.82) is 0 Å². The van der Waals surface area contributed by atoms with Crippen LogP contribution in [0, 0.1) is 13.8 Å². The number of thiazole rings is 1. The standard InChI is InChI=1S/C17H19N5O2S2/c1-10-11(2)26-16(18-10)19-14(23)9-25-17-21-20-15(22(17)3)12-5-7-13(24-4)8-6-12/h5-8H,9H2,1-4H3,(H,18,19,23). The summed E-state index contributed by atoms with van der Waals surface area (Å²) in [6.45, 7) is 3.91. The number of hydrogen-bond donors (Lipinski definition) is 1. The molecule has 2 aromatic heterocycles. The first-order chi connectivity index (χ1) is 12.5. The van der Waals surface area contributed by atoms with Gasteiger partial charge in [-0.25, -0.2) is 4.98 Å². The Labute approximate surface area is 159 Å². The summed E-state index contributed by atoms with van der Waals surface area (Å²) >= 11 is 2.81. The van der Waals surface area contributed by atoms with Gasteiger partial charge in [0, 0.05) is 17.5 Å². The zero-order chi connectivity index (χ0) is 18.7. The van der Waals surface area contributed by atoms with Gasteiger partial charge >= 0.3 is 0 Å². The van der Waals surface area contributed by atoms with E-state index in [4.69, 9.17) is 4.74 Å². The molecule has 1 amide bonds. The molecule has 3 rings (SSSR count). The summed E-state index contributed by atoms with van der Waals surface area (Å²) in [5.74, 6) is 1.65. The number of carbonyl (C=O) groups is 1. The third-order valence-electron chi connectivity index (χ3n) is 3.79. The van der Waals surface area contributed by atoms with Crippen LogP contribution in [0.5, 0.6) is 5.75 Å². The lowest BCUT2D eigenvalue weighted by Gasteiger charge is -2.05. The molecule has 0 fully saturated rings. The quantitative estimate of drug-likeness (QED) is 0.652. The van der Waals surface area contributed by atoms with Gasteiger partial charge < -0.3 is 14.6 Å². The monoisotopic (exact) mass is 389 g/mol. The molecule has 0 saturated heterocycles. The Morgan fingerprint density at radius 2 is 2.00 bits per heavy atom. The number of amides is 1. The molecule has 0 atom stereocenters. The number of hydrogen-bond acceptors (Lipinski definition) is 7. The molecule has 2 heterocycles. The summed E-state index contributed by atoms with van der Waals surface area (Å²) in [5.41, 5.74) is 1.88. The minimum atomic E-state index is -0.113. The highest BCUT2D eigenvalue weighted by Gasteiger charge is 2.14. The number of ether oxygens (including phenoxy) is 1. The molecule has 136 valence electrons. The molecule has 3 aromatic rings. The van der Waals surface area contributed by atoms with Gasteiger partial charge in [0.2, 0.25) is 5.91 Å². The van der Waals surface area contributed by atoms with Gasteiger partial charge in [-0.15, -0.1) is 21.5 Å². The highest BCUT2D eigenvalue weighted by Crippen LogP contribution is 2.25. The normalized spacial score (nSPS) is 10.8. The summed E-state index contributed by atoms with van der Waals surface area (Å²) in [6.07, 6.45) is 0. The van der Waals surface area contributed by atoms with Crippen molar-refractivity contribution in [1.82, 2.24) is 19.7 Å². The molecule has 0 aliphatic rings. The fraction of sp³-hybridized carbons (Fsp3) is 0.294. The molecule has 0 bridgehead atoms. The number of nitrogens with zero attached hydrogens (tertiary/aromatic N) is 4. The van der Waals surface area contributed by atoms with Gasteiger partial charge in [-0.1, -0.05) is 11.8 Å². The Morgan fingerprint density at radius 1 is 1.27 bits per heavy atom. The minimum absolute atomic E-state index is 0.113. The fourth-order valence-electron chi connectivity index (χ4n) is 2.24. The summed E-state index contributed by atoms with van der Waals surface area (Å²) in [4.78, 5) is 17.5. The first kappa shape index (κ1) is 18.4. The van der Waals surface area contributed by atoms with Crippen molar-refractivity contribution < 1.29 is 9.53 Å². The van der Waals surface area contributed by atoms with Gasteiger partial charge in [0.25, 0.3) is 0 Å². The minimum Gasteiger partial charge on any atom is -0.497 e. The Hall–Kier alpha value is -2.39. The fourth-order valence-corrected chi connectivity index (χ4v) is 3.79. The van der Waals surface area contributed by atoms with Crippen molar-refractivity contribution in [3.63, 3.8) is 0 Å². The van der Waals surface area contributed by atoms with Gasteiger partial charge in [-0.3, -0.25) is 4.79 Å². The maximum atomic E-state index is 12.1. The average Bonchev–Trinajstić information content (AvgIpc) is 3.15. The molecule has 26 heavy (non-hydrogen) atoms. The third kappa shape index (κ3) is 4.05. The molecule has 0 unspecified atom stereocenters. The highest BCUT2D eigenvalue weighted by atomic mass is 32.2. The van der Waals surface area contributed by atoms with E-state index in [-0.39, 0.29) is 11.7 Å². The van der Waals surface area contributed by atoms with Crippen LogP contribution in [0.15, 0.2) is 29.4 Å². The van der Waals surface area contributed by atoms with Crippen LogP contribution in [-0.2, 0) is 11.8 Å². The smallest absolute Gasteiger partial charge is 0.236 e. The van der Waals surface area contributed by atoms with Crippen molar-refractivity contribution in [3.8, 4) is 17.1 Å². The van der Waals surface area contributed by atoms with E-state index in [0.717, 1.165) is 27.7 Å². The second kappa shape index (κ2) is 7.88. The van der Waals surface area contributed by atoms with Crippen molar-refractivity contribution in [2.75, 3.05) is 18.2 Å². The largest absolute Gasteiger partial charge is 0.497 e. The van der Waals surface area contributed by atoms with Gasteiger partial charge in [-0.2, -0.15) is 0 Å². The SMILES string of the molecule is COc1ccc(-c2nnc(SCC(=O)Nc3nc(C)c(C)s3)n2C)cc1. The van der Waals surface area contributed by atoms with Crippen LogP contribution in [0.2, 0.25) is 0 Å². The molecule has 0 aliphatic heterocycles. The lowest BCUT2D eigenvalue weighted by atomic mass is 10.2. The van der Waals surface area contributed by atoms with E-state index in [1.54, 1.807) is 7.11 Å². The molecular weight excluding hydrogens is 370 g/mol. The van der Waals surface area contributed by atoms with Gasteiger partial charge in [0.05, 0.1) is 18.6 Å². The summed E-state index contributed by atoms with van der Waals surface area (Å²) in [6, 6.07) is 7.61. The summed E-state index contributed by atoms with van der Waals surface area (Å²) < 4.78 is 7.04. The van der Waals surface area contributed by atoms with E-state index >= 15 is 0 Å². The van der Waals surface area contributed by atoms with Gasteiger partial charge in [0.1, 0.15) is 5.75 Å². The van der Waals surface area contributed by atoms with Crippen molar-refractivity contribution >= 4 is 34.1 Å². The van der Waals surface area contributed by atoms with E-state index in [1.807, 2.05) is 49.7 Å². The predicted molar refractivity (Wildman–Crippen MR) is 104 cm³/mol. The second-order valence-electron chi connectivity index (χ2n) is 5.59. The molecule has 0 radical (unpaired) electrons. The average molecular weight is 390 g/mol. The van der Waals surface area contributed by atoms with Crippen molar-refractivity contribution in [3.05, 3.63) is 34.8 Å². The third-order valence-corrected chi connectivity index (χ3v) is 5.80. The molecule has 0 saturated carbocycles. The van der Waals surface area contributed by atoms with Gasteiger partial charge in [-0.05, 0) is 38.1 Å². The maximum Gasteiger partial charge on any atom is 0.236 e. The Morgan fingerprint density at radius 3 is 2.62 bits per heavy atom. The number of thioether (sulfide) groups is 1. The molecular formula is C17H19N5O2S2. The van der Waals surface area contributed by atoms with E-state index in [9.17, 15) is 4.79 Å². The van der Waals surface area contributed by atoms with Crippen LogP contribution in [0.25, 0.3) is 11.4 Å². The first-order valence-electron chi connectivity index (χ1n) is 7.88. The van der Waals surface area contributed by atoms with Crippen LogP contribution >= 0.6 is 23.1 Å². The number of anilines is 1. The van der Waals surface area contributed by atoms with E-state index in [2.05, 4.69) is 20.5 Å². The number of methoxy groups -OCH3 is 1. The lowest BCUT2D eigenvalue weighted by molar-refractivity contribution is -0.113. The maximum absolute atomic E-state index is 12.1. The van der Waals surface area contributed by atoms with Crippen LogP contribution in [0.1, 0.15) is 10.6 Å². The number of nitrogens with one attached hydrogen (secondary N) is 1. The second-order valence-corrected chi connectivity index (χ2v) is 7.74. The zero-order valence-corrected chi connectivity index (χ0v) is 16.6. The van der Waals surface area contributed by atoms with E-state index in [0.29, 0.717) is 10.3 Å². The van der Waals surface area contributed by atoms with Gasteiger partial charge in [0.15, 0.2) is 16.1 Å². The number of aryl methyl sites for hydroxylation is 2. The van der Waals surface area contributed by atoms with E-state index in [1.165, 1.54) is 23.1 Å². The lowest BCUT2D eigenvalue weighted by Crippen LogP contribution is -2.14. The zero-order valence-electron chi connectivity index (χ0n) is 14.9. The Kier molecular flexibility index (Phi) is 5.58. The van der Waals surface area contributed by atoms with Crippen LogP contribution in [0.4, 0.5) is 5.13 Å². The Balaban J connectivity index is 1.63.